The number of carboxylic acids is 1. The first-order chi connectivity index (χ1) is 13.6. The van der Waals surface area contributed by atoms with Gasteiger partial charge in [-0.05, 0) is 24.1 Å². The standard InChI is InChI=1S/C22H21N3O3/c1-2-12-25-13-11-23-21(25)18-19(14-7-4-3-5-8-14)24-16-10-6-9-15(22(27)28)17(16)20(18)26/h3-11,13,18-19,24H,2,12H2,1H3,(H,27,28). The van der Waals surface area contributed by atoms with E-state index in [0.717, 1.165) is 18.5 Å². The average Bonchev–Trinajstić information content (AvgIpc) is 3.16. The number of carbonyl (C=O) groups excluding carboxylic acids is 1. The van der Waals surface area contributed by atoms with Crippen molar-refractivity contribution in [3.8, 4) is 0 Å². The van der Waals surface area contributed by atoms with E-state index in [-0.39, 0.29) is 23.0 Å². The van der Waals surface area contributed by atoms with Crippen molar-refractivity contribution in [2.75, 3.05) is 5.32 Å². The molecule has 6 nitrogen and oxygen atoms in total. The number of nitrogens with one attached hydrogen (secondary N) is 1. The lowest BCUT2D eigenvalue weighted by atomic mass is 9.80. The molecule has 4 rings (SSSR count). The number of rotatable bonds is 5. The monoisotopic (exact) mass is 375 g/mol. The Hall–Kier alpha value is -3.41. The summed E-state index contributed by atoms with van der Waals surface area (Å²) < 4.78 is 1.98. The van der Waals surface area contributed by atoms with E-state index in [1.807, 2.05) is 41.1 Å². The van der Waals surface area contributed by atoms with Crippen LogP contribution >= 0.6 is 0 Å². The number of ketones is 1. The smallest absolute Gasteiger partial charge is 0.336 e. The molecule has 1 aromatic heterocycles. The highest BCUT2D eigenvalue weighted by atomic mass is 16.4. The molecule has 2 atom stereocenters. The lowest BCUT2D eigenvalue weighted by Gasteiger charge is -2.34. The van der Waals surface area contributed by atoms with Gasteiger partial charge in [0.25, 0.3) is 0 Å². The number of hydrogen-bond donors (Lipinski definition) is 2. The minimum Gasteiger partial charge on any atom is -0.478 e. The van der Waals surface area contributed by atoms with Crippen LogP contribution in [0.4, 0.5) is 5.69 Å². The molecule has 0 saturated heterocycles. The number of carboxylic acid groups (broad SMARTS) is 1. The predicted molar refractivity (Wildman–Crippen MR) is 106 cm³/mol. The third-order valence-electron chi connectivity index (χ3n) is 5.12. The van der Waals surface area contributed by atoms with Crippen molar-refractivity contribution >= 4 is 17.4 Å². The first kappa shape index (κ1) is 18.0. The third kappa shape index (κ3) is 2.97. The number of imidazole rings is 1. The molecule has 0 amide bonds. The molecule has 1 aliphatic heterocycles. The summed E-state index contributed by atoms with van der Waals surface area (Å²) in [6.07, 6.45) is 4.47. The zero-order valence-corrected chi connectivity index (χ0v) is 15.5. The molecule has 142 valence electrons. The SMILES string of the molecule is CCCn1ccnc1C1C(=O)c2c(cccc2C(=O)O)NC1c1ccccc1. The maximum absolute atomic E-state index is 13.6. The van der Waals surface area contributed by atoms with Crippen LogP contribution in [0, 0.1) is 0 Å². The van der Waals surface area contributed by atoms with Crippen LogP contribution in [0.2, 0.25) is 0 Å². The number of nitrogens with zero attached hydrogens (tertiary/aromatic N) is 2. The summed E-state index contributed by atoms with van der Waals surface area (Å²) in [5.74, 6) is -1.29. The van der Waals surface area contributed by atoms with Gasteiger partial charge in [0.05, 0.1) is 17.2 Å². The number of aromatic nitrogens is 2. The van der Waals surface area contributed by atoms with E-state index in [9.17, 15) is 14.7 Å². The molecule has 0 aliphatic carbocycles. The zero-order chi connectivity index (χ0) is 19.7. The summed E-state index contributed by atoms with van der Waals surface area (Å²) >= 11 is 0. The highest BCUT2D eigenvalue weighted by Crippen LogP contribution is 2.43. The van der Waals surface area contributed by atoms with Gasteiger partial charge < -0.3 is 15.0 Å². The molecule has 2 heterocycles. The Morgan fingerprint density at radius 1 is 1.18 bits per heavy atom. The van der Waals surface area contributed by atoms with Crippen LogP contribution in [0.25, 0.3) is 0 Å². The lowest BCUT2D eigenvalue weighted by molar-refractivity contribution is 0.0690. The summed E-state index contributed by atoms with van der Waals surface area (Å²) in [6.45, 7) is 2.81. The second-order valence-electron chi connectivity index (χ2n) is 6.89. The Morgan fingerprint density at radius 3 is 2.68 bits per heavy atom. The fourth-order valence-corrected chi connectivity index (χ4v) is 3.91. The van der Waals surface area contributed by atoms with Gasteiger partial charge >= 0.3 is 5.97 Å². The molecular weight excluding hydrogens is 354 g/mol. The van der Waals surface area contributed by atoms with E-state index >= 15 is 0 Å². The first-order valence-electron chi connectivity index (χ1n) is 9.34. The predicted octanol–water partition coefficient (Wildman–Crippen LogP) is 4.12. The van der Waals surface area contributed by atoms with Crippen LogP contribution in [-0.2, 0) is 6.54 Å². The van der Waals surface area contributed by atoms with Crippen molar-refractivity contribution in [2.45, 2.75) is 31.8 Å². The van der Waals surface area contributed by atoms with Crippen LogP contribution in [0.3, 0.4) is 0 Å². The van der Waals surface area contributed by atoms with Gasteiger partial charge in [-0.2, -0.15) is 0 Å². The van der Waals surface area contributed by atoms with Crippen LogP contribution in [0.5, 0.6) is 0 Å². The second kappa shape index (κ2) is 7.31. The van der Waals surface area contributed by atoms with Crippen LogP contribution in [0.1, 0.15) is 57.4 Å². The van der Waals surface area contributed by atoms with E-state index in [0.29, 0.717) is 11.5 Å². The normalized spacial score (nSPS) is 18.4. The van der Waals surface area contributed by atoms with Crippen molar-refractivity contribution in [1.82, 2.24) is 9.55 Å². The lowest BCUT2D eigenvalue weighted by Crippen LogP contribution is -2.34. The molecule has 2 unspecified atom stereocenters. The summed E-state index contributed by atoms with van der Waals surface area (Å²) in [4.78, 5) is 29.8. The summed E-state index contributed by atoms with van der Waals surface area (Å²) in [7, 11) is 0. The van der Waals surface area contributed by atoms with Gasteiger partial charge in [0.1, 0.15) is 11.7 Å². The van der Waals surface area contributed by atoms with Crippen LogP contribution in [0.15, 0.2) is 60.9 Å². The van der Waals surface area contributed by atoms with E-state index in [4.69, 9.17) is 0 Å². The number of Topliss-reactive ketones (excluding diaryl/α,β-unsaturated/α-hetero) is 1. The van der Waals surface area contributed by atoms with E-state index < -0.39 is 11.9 Å². The molecule has 1 aliphatic rings. The molecule has 6 heteroatoms. The first-order valence-corrected chi connectivity index (χ1v) is 9.34. The van der Waals surface area contributed by atoms with Gasteiger partial charge in [-0.3, -0.25) is 4.79 Å². The van der Waals surface area contributed by atoms with E-state index in [2.05, 4.69) is 17.2 Å². The summed E-state index contributed by atoms with van der Waals surface area (Å²) in [6, 6.07) is 14.3. The number of hydrogen-bond acceptors (Lipinski definition) is 4. The van der Waals surface area contributed by atoms with Gasteiger partial charge in [-0.1, -0.05) is 43.3 Å². The number of fused-ring (bicyclic) bond motifs is 1. The molecule has 3 aromatic rings. The van der Waals surface area contributed by atoms with Gasteiger partial charge in [0, 0.05) is 24.6 Å². The zero-order valence-electron chi connectivity index (χ0n) is 15.5. The van der Waals surface area contributed by atoms with Crippen LogP contribution in [-0.4, -0.2) is 26.4 Å². The minimum atomic E-state index is -1.11. The van der Waals surface area contributed by atoms with Crippen molar-refractivity contribution in [3.63, 3.8) is 0 Å². The molecule has 0 fully saturated rings. The fraction of sp³-hybridized carbons (Fsp3) is 0.227. The maximum atomic E-state index is 13.6. The quantitative estimate of drug-likeness (QED) is 0.701. The molecule has 2 aromatic carbocycles. The third-order valence-corrected chi connectivity index (χ3v) is 5.12. The summed E-state index contributed by atoms with van der Waals surface area (Å²) in [5.41, 5.74) is 1.74. The highest BCUT2D eigenvalue weighted by molar-refractivity contribution is 6.14. The Kier molecular flexibility index (Phi) is 4.69. The Balaban J connectivity index is 1.91. The van der Waals surface area contributed by atoms with Crippen molar-refractivity contribution < 1.29 is 14.7 Å². The topological polar surface area (TPSA) is 84.2 Å². The number of carbonyl (C=O) groups is 2. The number of aryl methyl sites for hydroxylation is 1. The van der Waals surface area contributed by atoms with Crippen molar-refractivity contribution in [3.05, 3.63) is 83.4 Å². The minimum absolute atomic E-state index is 0.0140. The number of anilines is 1. The molecule has 2 N–H and O–H groups in total. The second-order valence-corrected chi connectivity index (χ2v) is 6.89. The number of aromatic carboxylic acids is 1. The maximum Gasteiger partial charge on any atom is 0.336 e. The van der Waals surface area contributed by atoms with Crippen molar-refractivity contribution in [1.29, 1.82) is 0 Å². The molecule has 0 spiro atoms. The molecular formula is C22H21N3O3. The molecule has 0 radical (unpaired) electrons. The van der Waals surface area contributed by atoms with E-state index in [1.165, 1.54) is 6.07 Å². The fourth-order valence-electron chi connectivity index (χ4n) is 3.91. The molecule has 0 saturated carbocycles. The Bertz CT molecular complexity index is 1030. The average molecular weight is 375 g/mol. The van der Waals surface area contributed by atoms with Gasteiger partial charge in [-0.25, -0.2) is 9.78 Å². The van der Waals surface area contributed by atoms with Gasteiger partial charge in [-0.15, -0.1) is 0 Å². The van der Waals surface area contributed by atoms with Gasteiger partial charge in [0.15, 0.2) is 5.78 Å². The van der Waals surface area contributed by atoms with E-state index in [1.54, 1.807) is 18.3 Å². The van der Waals surface area contributed by atoms with Crippen molar-refractivity contribution in [2.24, 2.45) is 0 Å². The van der Waals surface area contributed by atoms with Crippen LogP contribution < -0.4 is 5.32 Å². The molecule has 0 bridgehead atoms. The Morgan fingerprint density at radius 2 is 1.96 bits per heavy atom. The highest BCUT2D eigenvalue weighted by Gasteiger charge is 2.41. The largest absolute Gasteiger partial charge is 0.478 e. The Labute approximate surface area is 162 Å². The number of benzene rings is 2. The molecule has 28 heavy (non-hydrogen) atoms. The summed E-state index contributed by atoms with van der Waals surface area (Å²) in [5, 5.41) is 13.0. The van der Waals surface area contributed by atoms with Gasteiger partial charge in [0.2, 0.25) is 0 Å².